The smallest absolute Gasteiger partial charge is 0.399 e. The molecule has 158 valence electrons. The molecule has 4 rings (SSSR count). The van der Waals surface area contributed by atoms with Crippen molar-refractivity contribution in [3.63, 3.8) is 0 Å². The summed E-state index contributed by atoms with van der Waals surface area (Å²) in [7, 11) is 0. The van der Waals surface area contributed by atoms with Gasteiger partial charge in [0, 0.05) is 22.7 Å². The molecule has 0 aliphatic carbocycles. The number of carbonyl (C=O) groups is 1. The van der Waals surface area contributed by atoms with E-state index in [1.54, 1.807) is 54.6 Å². The van der Waals surface area contributed by atoms with Crippen molar-refractivity contribution in [2.24, 2.45) is 5.10 Å². The van der Waals surface area contributed by atoms with Gasteiger partial charge in [0.2, 0.25) is 0 Å². The fourth-order valence-electron chi connectivity index (χ4n) is 3.28. The van der Waals surface area contributed by atoms with Crippen molar-refractivity contribution in [3.05, 3.63) is 93.2 Å². The van der Waals surface area contributed by atoms with Gasteiger partial charge in [0.25, 0.3) is 5.91 Å². The number of amides is 1. The molecule has 10 heteroatoms. The summed E-state index contributed by atoms with van der Waals surface area (Å²) < 4.78 is 5.22. The third-order valence-electron chi connectivity index (χ3n) is 4.80. The Morgan fingerprint density at radius 3 is 2.55 bits per heavy atom. The number of rotatable bonds is 6. The lowest BCUT2D eigenvalue weighted by atomic mass is 9.96. The molecule has 3 aromatic rings. The van der Waals surface area contributed by atoms with Gasteiger partial charge in [0.15, 0.2) is 11.5 Å². The highest BCUT2D eigenvalue weighted by molar-refractivity contribution is 6.30. The Labute approximate surface area is 181 Å². The minimum atomic E-state index is -1.77. The third kappa shape index (κ3) is 4.14. The summed E-state index contributed by atoms with van der Waals surface area (Å²) in [5.41, 5.74) is -0.420. The molecule has 2 aromatic carbocycles. The van der Waals surface area contributed by atoms with E-state index in [9.17, 15) is 20.0 Å². The summed E-state index contributed by atoms with van der Waals surface area (Å²) in [5, 5.41) is 31.2. The van der Waals surface area contributed by atoms with Gasteiger partial charge in [-0.05, 0) is 30.3 Å². The molecular formula is C21H17ClN4O5. The molecule has 0 fully saturated rings. The predicted octanol–water partition coefficient (Wildman–Crippen LogP) is 3.74. The molecule has 0 bridgehead atoms. The molecule has 1 atom stereocenters. The van der Waals surface area contributed by atoms with Gasteiger partial charge < -0.3 is 14.8 Å². The number of hydrogen-bond acceptors (Lipinski definition) is 7. The number of hydrogen-bond donors (Lipinski definition) is 2. The Morgan fingerprint density at radius 2 is 1.90 bits per heavy atom. The highest BCUT2D eigenvalue weighted by atomic mass is 35.5. The maximum atomic E-state index is 13.0. The lowest BCUT2D eigenvalue weighted by Crippen LogP contribution is -2.45. The molecular weight excluding hydrogens is 424 g/mol. The maximum absolute atomic E-state index is 13.0. The molecule has 1 amide bonds. The zero-order chi connectivity index (χ0) is 22.0. The number of carbonyl (C=O) groups excluding carboxylic acids is 1. The second kappa shape index (κ2) is 8.21. The molecule has 2 heterocycles. The van der Waals surface area contributed by atoms with Crippen LogP contribution in [-0.4, -0.2) is 33.2 Å². The topological polar surface area (TPSA) is 121 Å². The summed E-state index contributed by atoms with van der Waals surface area (Å²) in [6.45, 7) is -0.147. The first-order valence-electron chi connectivity index (χ1n) is 9.29. The average Bonchev–Trinajstić information content (AvgIpc) is 3.40. The van der Waals surface area contributed by atoms with Crippen LogP contribution in [0, 0.1) is 10.1 Å². The van der Waals surface area contributed by atoms with E-state index in [1.165, 1.54) is 12.1 Å². The summed E-state index contributed by atoms with van der Waals surface area (Å²) in [5.74, 6) is -0.838. The van der Waals surface area contributed by atoms with E-state index in [4.69, 9.17) is 16.0 Å². The van der Waals surface area contributed by atoms with E-state index in [-0.39, 0.29) is 24.4 Å². The van der Waals surface area contributed by atoms with Crippen LogP contribution in [0.3, 0.4) is 0 Å². The molecule has 1 unspecified atom stereocenters. The van der Waals surface area contributed by atoms with Gasteiger partial charge in [0.1, 0.15) is 10.6 Å². The Balaban J connectivity index is 1.62. The van der Waals surface area contributed by atoms with Crippen molar-refractivity contribution >= 4 is 34.8 Å². The number of anilines is 1. The normalized spacial score (nSPS) is 18.0. The lowest BCUT2D eigenvalue weighted by Gasteiger charge is -2.31. The number of furan rings is 1. The van der Waals surface area contributed by atoms with Gasteiger partial charge in [-0.2, -0.15) is 10.1 Å². The third-order valence-corrected chi connectivity index (χ3v) is 5.05. The van der Waals surface area contributed by atoms with Gasteiger partial charge in [-0.3, -0.25) is 14.9 Å². The van der Waals surface area contributed by atoms with E-state index in [0.29, 0.717) is 16.3 Å². The number of halogens is 1. The first kappa shape index (κ1) is 20.6. The SMILES string of the molecule is O=C(CNc1ccc(Cl)cc1)N1N=C(c2ccc([N+](=O)[O-])o2)CC1(O)c1ccccc1. The summed E-state index contributed by atoms with van der Waals surface area (Å²) in [6, 6.07) is 18.0. The number of nitrogens with zero attached hydrogens (tertiary/aromatic N) is 3. The molecule has 1 aliphatic rings. The fourth-order valence-corrected chi connectivity index (χ4v) is 3.40. The van der Waals surface area contributed by atoms with Crippen LogP contribution in [0.15, 0.2) is 76.2 Å². The predicted molar refractivity (Wildman–Crippen MR) is 114 cm³/mol. The first-order valence-corrected chi connectivity index (χ1v) is 9.67. The Kier molecular flexibility index (Phi) is 5.45. The van der Waals surface area contributed by atoms with Gasteiger partial charge in [-0.1, -0.05) is 41.9 Å². The second-order valence-corrected chi connectivity index (χ2v) is 7.30. The zero-order valence-electron chi connectivity index (χ0n) is 16.1. The summed E-state index contributed by atoms with van der Waals surface area (Å²) >= 11 is 5.87. The Hall–Kier alpha value is -3.69. The van der Waals surface area contributed by atoms with Crippen LogP contribution in [0.2, 0.25) is 5.02 Å². The van der Waals surface area contributed by atoms with Gasteiger partial charge in [-0.15, -0.1) is 0 Å². The van der Waals surface area contributed by atoms with E-state index in [2.05, 4.69) is 10.4 Å². The summed E-state index contributed by atoms with van der Waals surface area (Å²) in [6.07, 6.45) is -0.0889. The number of nitrogens with one attached hydrogen (secondary N) is 1. The molecule has 31 heavy (non-hydrogen) atoms. The first-order chi connectivity index (χ1) is 14.9. The molecule has 2 N–H and O–H groups in total. The summed E-state index contributed by atoms with van der Waals surface area (Å²) in [4.78, 5) is 23.3. The average molecular weight is 441 g/mol. The van der Waals surface area contributed by atoms with E-state index < -0.39 is 22.4 Å². The fraction of sp³-hybridized carbons (Fsp3) is 0.143. The van der Waals surface area contributed by atoms with Crippen molar-refractivity contribution in [1.29, 1.82) is 0 Å². The van der Waals surface area contributed by atoms with Crippen molar-refractivity contribution in [2.45, 2.75) is 12.1 Å². The van der Waals surface area contributed by atoms with Crippen LogP contribution in [0.1, 0.15) is 17.7 Å². The molecule has 0 radical (unpaired) electrons. The standard InChI is InChI=1S/C21H17ClN4O5/c22-15-6-8-16(9-7-15)23-13-19(27)25-21(28,14-4-2-1-3-5-14)12-17(24-25)18-10-11-20(31-18)26(29)30/h1-11,23,28H,12-13H2. The largest absolute Gasteiger partial charge is 0.433 e. The van der Waals surface area contributed by atoms with Crippen LogP contribution < -0.4 is 5.32 Å². The minimum absolute atomic E-state index is 0.0889. The van der Waals surface area contributed by atoms with Gasteiger partial charge in [-0.25, -0.2) is 0 Å². The number of hydrazone groups is 1. The highest BCUT2D eigenvalue weighted by Gasteiger charge is 2.46. The minimum Gasteiger partial charge on any atom is -0.399 e. The Morgan fingerprint density at radius 1 is 1.19 bits per heavy atom. The van der Waals surface area contributed by atoms with Crippen LogP contribution in [-0.2, 0) is 10.5 Å². The van der Waals surface area contributed by atoms with E-state index >= 15 is 0 Å². The molecule has 1 aromatic heterocycles. The van der Waals surface area contributed by atoms with Crippen LogP contribution in [0.5, 0.6) is 0 Å². The molecule has 0 spiro atoms. The van der Waals surface area contributed by atoms with Gasteiger partial charge >= 0.3 is 5.88 Å². The molecule has 1 aliphatic heterocycles. The van der Waals surface area contributed by atoms with Crippen LogP contribution in [0.4, 0.5) is 11.6 Å². The van der Waals surface area contributed by atoms with Gasteiger partial charge in [0.05, 0.1) is 12.6 Å². The number of nitro groups is 1. The van der Waals surface area contributed by atoms with Crippen molar-refractivity contribution in [3.8, 4) is 0 Å². The quantitative estimate of drug-likeness (QED) is 0.445. The number of benzene rings is 2. The van der Waals surface area contributed by atoms with Crippen molar-refractivity contribution in [1.82, 2.24) is 5.01 Å². The van der Waals surface area contributed by atoms with Crippen molar-refractivity contribution < 1.29 is 19.2 Å². The molecule has 0 saturated heterocycles. The highest BCUT2D eigenvalue weighted by Crippen LogP contribution is 2.37. The van der Waals surface area contributed by atoms with E-state index in [0.717, 1.165) is 5.01 Å². The molecule has 9 nitrogen and oxygen atoms in total. The van der Waals surface area contributed by atoms with E-state index in [1.807, 2.05) is 0 Å². The molecule has 0 saturated carbocycles. The monoisotopic (exact) mass is 440 g/mol. The number of aliphatic hydroxyl groups is 1. The van der Waals surface area contributed by atoms with Crippen LogP contribution in [0.25, 0.3) is 0 Å². The lowest BCUT2D eigenvalue weighted by molar-refractivity contribution is -0.402. The zero-order valence-corrected chi connectivity index (χ0v) is 16.8. The van der Waals surface area contributed by atoms with Crippen molar-refractivity contribution in [2.75, 3.05) is 11.9 Å². The Bertz CT molecular complexity index is 1150. The second-order valence-electron chi connectivity index (χ2n) is 6.87. The van der Waals surface area contributed by atoms with Crippen LogP contribution >= 0.6 is 11.6 Å². The maximum Gasteiger partial charge on any atom is 0.433 e.